The van der Waals surface area contributed by atoms with Crippen molar-refractivity contribution in [1.29, 1.82) is 0 Å². The van der Waals surface area contributed by atoms with Crippen molar-refractivity contribution in [2.75, 3.05) is 13.2 Å². The maximum atomic E-state index is 12.2. The number of carbonyl (C=O) groups is 2. The van der Waals surface area contributed by atoms with Crippen LogP contribution in [-0.2, 0) is 14.3 Å². The maximum Gasteiger partial charge on any atom is 0.355 e. The highest BCUT2D eigenvalue weighted by atomic mass is 79.9. The molecule has 2 aromatic rings. The number of nitrogens with one attached hydrogen (secondary N) is 1. The number of aromatic nitrogens is 1. The molecule has 0 radical (unpaired) electrons. The Bertz CT molecular complexity index is 764. The van der Waals surface area contributed by atoms with Crippen LogP contribution in [0.2, 0.25) is 0 Å². The van der Waals surface area contributed by atoms with E-state index in [4.69, 9.17) is 9.47 Å². The summed E-state index contributed by atoms with van der Waals surface area (Å²) in [7, 11) is 0. The zero-order valence-electron chi connectivity index (χ0n) is 13.7. The first-order valence-electron chi connectivity index (χ1n) is 7.90. The van der Waals surface area contributed by atoms with Gasteiger partial charge in [0, 0.05) is 27.0 Å². The van der Waals surface area contributed by atoms with Crippen LogP contribution >= 0.6 is 15.9 Å². The van der Waals surface area contributed by atoms with Gasteiger partial charge in [-0.05, 0) is 31.6 Å². The first-order valence-corrected chi connectivity index (χ1v) is 8.69. The number of hydrogen-bond acceptors (Lipinski definition) is 4. The summed E-state index contributed by atoms with van der Waals surface area (Å²) in [4.78, 5) is 27.0. The van der Waals surface area contributed by atoms with Gasteiger partial charge in [-0.25, -0.2) is 9.59 Å². The number of benzene rings is 1. The Hall–Kier alpha value is -2.08. The Morgan fingerprint density at radius 1 is 1.25 bits per heavy atom. The van der Waals surface area contributed by atoms with E-state index >= 15 is 0 Å². The van der Waals surface area contributed by atoms with Gasteiger partial charge in [0.05, 0.1) is 13.2 Å². The lowest BCUT2D eigenvalue weighted by Crippen LogP contribution is -2.07. The molecule has 1 aromatic carbocycles. The number of carbonyl (C=O) groups excluding carboxylic acids is 2. The van der Waals surface area contributed by atoms with Crippen LogP contribution < -0.4 is 0 Å². The maximum absolute atomic E-state index is 12.2. The minimum atomic E-state index is -0.455. The zero-order valence-corrected chi connectivity index (χ0v) is 15.3. The monoisotopic (exact) mass is 393 g/mol. The van der Waals surface area contributed by atoms with Gasteiger partial charge in [-0.2, -0.15) is 0 Å². The lowest BCUT2D eigenvalue weighted by atomic mass is 10.1. The lowest BCUT2D eigenvalue weighted by Gasteiger charge is -2.01. The fraction of sp³-hybridized carbons (Fsp3) is 0.333. The molecule has 24 heavy (non-hydrogen) atoms. The highest BCUT2D eigenvalue weighted by Gasteiger charge is 2.17. The third kappa shape index (κ3) is 4.47. The molecular formula is C18H20BrNO4. The van der Waals surface area contributed by atoms with Gasteiger partial charge in [-0.15, -0.1) is 0 Å². The molecule has 0 saturated heterocycles. The Balaban J connectivity index is 2.33. The predicted octanol–water partition coefficient (Wildman–Crippen LogP) is 4.46. The first-order chi connectivity index (χ1) is 11.6. The Kier molecular flexibility index (Phi) is 6.61. The molecule has 5 nitrogen and oxygen atoms in total. The fourth-order valence-corrected chi connectivity index (χ4v) is 2.61. The van der Waals surface area contributed by atoms with Crippen molar-refractivity contribution in [3.05, 3.63) is 40.0 Å². The van der Waals surface area contributed by atoms with E-state index in [9.17, 15) is 9.59 Å². The summed E-state index contributed by atoms with van der Waals surface area (Å²) in [5.41, 5.74) is 1.72. The van der Waals surface area contributed by atoms with Crippen molar-refractivity contribution in [3.63, 3.8) is 0 Å². The summed E-state index contributed by atoms with van der Waals surface area (Å²) < 4.78 is 11.1. The van der Waals surface area contributed by atoms with Gasteiger partial charge in [-0.1, -0.05) is 35.3 Å². The van der Waals surface area contributed by atoms with Gasteiger partial charge in [0.1, 0.15) is 5.69 Å². The average molecular weight is 394 g/mol. The van der Waals surface area contributed by atoms with Crippen LogP contribution in [0.3, 0.4) is 0 Å². The van der Waals surface area contributed by atoms with Crippen molar-refractivity contribution in [1.82, 2.24) is 4.98 Å². The molecule has 0 aliphatic carbocycles. The molecule has 0 aliphatic rings. The smallest absolute Gasteiger partial charge is 0.355 e. The van der Waals surface area contributed by atoms with Crippen LogP contribution in [0, 0.1) is 0 Å². The molecule has 0 amide bonds. The molecule has 1 N–H and O–H groups in total. The number of aromatic amines is 1. The van der Waals surface area contributed by atoms with Crippen LogP contribution in [0.4, 0.5) is 0 Å². The van der Waals surface area contributed by atoms with Gasteiger partial charge in [-0.3, -0.25) is 0 Å². The zero-order chi connectivity index (χ0) is 17.5. The molecule has 0 saturated carbocycles. The highest BCUT2D eigenvalue weighted by molar-refractivity contribution is 9.10. The largest absolute Gasteiger partial charge is 0.463 e. The second kappa shape index (κ2) is 8.68. The number of H-pyrrole nitrogens is 1. The summed E-state index contributed by atoms with van der Waals surface area (Å²) in [5, 5.41) is 0.832. The molecule has 0 atom stereocenters. The number of ether oxygens (including phenoxy) is 2. The van der Waals surface area contributed by atoms with Crippen LogP contribution in [-0.4, -0.2) is 30.1 Å². The van der Waals surface area contributed by atoms with E-state index in [1.165, 1.54) is 6.08 Å². The summed E-state index contributed by atoms with van der Waals surface area (Å²) in [5.74, 6) is -0.881. The van der Waals surface area contributed by atoms with Gasteiger partial charge in [0.25, 0.3) is 0 Å². The van der Waals surface area contributed by atoms with Crippen LogP contribution in [0.1, 0.15) is 42.7 Å². The second-order valence-corrected chi connectivity index (χ2v) is 6.09. The van der Waals surface area contributed by atoms with Crippen LogP contribution in [0.15, 0.2) is 28.7 Å². The molecule has 0 unspecified atom stereocenters. The van der Waals surface area contributed by atoms with E-state index in [0.717, 1.165) is 28.2 Å². The summed E-state index contributed by atoms with van der Waals surface area (Å²) in [6.45, 7) is 4.45. The summed E-state index contributed by atoms with van der Waals surface area (Å²) >= 11 is 3.40. The number of rotatable bonds is 7. The molecular weight excluding hydrogens is 374 g/mol. The number of esters is 2. The molecule has 0 aliphatic heterocycles. The third-order valence-electron chi connectivity index (χ3n) is 3.41. The van der Waals surface area contributed by atoms with E-state index in [-0.39, 0.29) is 6.61 Å². The first kappa shape index (κ1) is 18.3. The van der Waals surface area contributed by atoms with Crippen molar-refractivity contribution in [3.8, 4) is 0 Å². The van der Waals surface area contributed by atoms with E-state index in [0.29, 0.717) is 17.9 Å². The van der Waals surface area contributed by atoms with Gasteiger partial charge >= 0.3 is 11.9 Å². The molecule has 2 rings (SSSR count). The third-order valence-corrected chi connectivity index (χ3v) is 3.90. The molecule has 6 heteroatoms. The number of hydrogen-bond donors (Lipinski definition) is 1. The predicted molar refractivity (Wildman–Crippen MR) is 96.9 cm³/mol. The Morgan fingerprint density at radius 2 is 2.04 bits per heavy atom. The van der Waals surface area contributed by atoms with Crippen molar-refractivity contribution in [2.45, 2.75) is 26.7 Å². The summed E-state index contributed by atoms with van der Waals surface area (Å²) in [6, 6.07) is 5.62. The quantitative estimate of drug-likeness (QED) is 0.428. The molecule has 1 aromatic heterocycles. The Labute approximate surface area is 149 Å². The number of fused-ring (bicyclic) bond motifs is 1. The average Bonchev–Trinajstić information content (AvgIpc) is 2.91. The topological polar surface area (TPSA) is 68.4 Å². The second-order valence-electron chi connectivity index (χ2n) is 5.18. The minimum absolute atomic E-state index is 0.278. The number of unbranched alkanes of at least 4 members (excludes halogenated alkanes) is 1. The lowest BCUT2D eigenvalue weighted by molar-refractivity contribution is -0.137. The standard InChI is InChI=1S/C18H20BrNO4/c1-3-5-10-24-16(21)9-8-14-13-7-6-12(19)11-15(13)20-17(14)18(22)23-4-2/h6-9,11,20H,3-5,10H2,1-2H3/b9-8+. The number of halogens is 1. The van der Waals surface area contributed by atoms with E-state index < -0.39 is 11.9 Å². The summed E-state index contributed by atoms with van der Waals surface area (Å²) in [6.07, 6.45) is 4.71. The molecule has 0 spiro atoms. The van der Waals surface area contributed by atoms with Crippen molar-refractivity contribution < 1.29 is 19.1 Å². The van der Waals surface area contributed by atoms with Gasteiger partial charge in [0.2, 0.25) is 0 Å². The molecule has 0 fully saturated rings. The highest BCUT2D eigenvalue weighted by Crippen LogP contribution is 2.27. The molecule has 1 heterocycles. The van der Waals surface area contributed by atoms with Crippen LogP contribution in [0.5, 0.6) is 0 Å². The van der Waals surface area contributed by atoms with Crippen LogP contribution in [0.25, 0.3) is 17.0 Å². The molecule has 128 valence electrons. The van der Waals surface area contributed by atoms with Crippen molar-refractivity contribution in [2.24, 2.45) is 0 Å². The van der Waals surface area contributed by atoms with E-state index in [1.54, 1.807) is 13.0 Å². The SMILES string of the molecule is CCCCOC(=O)/C=C/c1c(C(=O)OCC)[nH]c2cc(Br)ccc12. The molecule has 0 bridgehead atoms. The van der Waals surface area contributed by atoms with Crippen molar-refractivity contribution >= 4 is 44.8 Å². The van der Waals surface area contributed by atoms with Gasteiger partial charge < -0.3 is 14.5 Å². The van der Waals surface area contributed by atoms with E-state index in [1.807, 2.05) is 25.1 Å². The normalized spacial score (nSPS) is 11.1. The Morgan fingerprint density at radius 3 is 2.75 bits per heavy atom. The fourth-order valence-electron chi connectivity index (χ4n) is 2.25. The minimum Gasteiger partial charge on any atom is -0.463 e. The van der Waals surface area contributed by atoms with Gasteiger partial charge in [0.15, 0.2) is 0 Å². The van der Waals surface area contributed by atoms with E-state index in [2.05, 4.69) is 20.9 Å².